The largest absolute Gasteiger partial charge is 0.479 e. The molecule has 1 aromatic heterocycles. The maximum Gasteiger partial charge on any atom is 0.334 e. The summed E-state index contributed by atoms with van der Waals surface area (Å²) in [5, 5.41) is 13.3. The lowest BCUT2D eigenvalue weighted by molar-refractivity contribution is -0.160. The number of carboxylic acids is 1. The highest BCUT2D eigenvalue weighted by atomic mass is 16.5. The molecule has 7 nitrogen and oxygen atoms in total. The number of aromatic nitrogens is 2. The van der Waals surface area contributed by atoms with Crippen molar-refractivity contribution in [1.29, 1.82) is 0 Å². The number of amides is 1. The topological polar surface area (TPSA) is 84.7 Å². The van der Waals surface area contributed by atoms with E-state index in [0.717, 1.165) is 5.69 Å². The van der Waals surface area contributed by atoms with Crippen LogP contribution in [0.25, 0.3) is 0 Å². The molecule has 0 aliphatic carbocycles. The van der Waals surface area contributed by atoms with E-state index in [1.807, 2.05) is 6.92 Å². The number of hydrogen-bond donors (Lipinski definition) is 1. The SMILES string of the molecule is Cc1nn(C)c(C)c1C(=O)N1CC(C(=O)O)O[C@H](C)C1. The van der Waals surface area contributed by atoms with Crippen LogP contribution in [0.15, 0.2) is 0 Å². The van der Waals surface area contributed by atoms with Gasteiger partial charge in [0.25, 0.3) is 5.91 Å². The zero-order valence-corrected chi connectivity index (χ0v) is 12.1. The van der Waals surface area contributed by atoms with Gasteiger partial charge in [0.05, 0.1) is 23.9 Å². The van der Waals surface area contributed by atoms with Crippen molar-refractivity contribution in [1.82, 2.24) is 14.7 Å². The maximum atomic E-state index is 12.6. The Hall–Kier alpha value is -1.89. The van der Waals surface area contributed by atoms with Crippen molar-refractivity contribution in [3.63, 3.8) is 0 Å². The van der Waals surface area contributed by atoms with Crippen molar-refractivity contribution < 1.29 is 19.4 Å². The highest BCUT2D eigenvalue weighted by molar-refractivity contribution is 5.96. The number of aryl methyl sites for hydroxylation is 2. The molecule has 1 amide bonds. The number of nitrogens with zero attached hydrogens (tertiary/aromatic N) is 3. The molecule has 110 valence electrons. The summed E-state index contributed by atoms with van der Waals surface area (Å²) >= 11 is 0. The molecule has 1 aromatic rings. The van der Waals surface area contributed by atoms with Crippen LogP contribution in [-0.4, -0.2) is 57.0 Å². The number of aliphatic carboxylic acids is 1. The zero-order chi connectivity index (χ0) is 15.0. The summed E-state index contributed by atoms with van der Waals surface area (Å²) < 4.78 is 6.97. The van der Waals surface area contributed by atoms with Crippen molar-refractivity contribution in [3.05, 3.63) is 17.0 Å². The second kappa shape index (κ2) is 5.24. The van der Waals surface area contributed by atoms with Gasteiger partial charge >= 0.3 is 5.97 Å². The van der Waals surface area contributed by atoms with Crippen LogP contribution in [-0.2, 0) is 16.6 Å². The van der Waals surface area contributed by atoms with E-state index in [-0.39, 0.29) is 18.6 Å². The lowest BCUT2D eigenvalue weighted by Crippen LogP contribution is -2.51. The predicted octanol–water partition coefficient (Wildman–Crippen LogP) is 0.351. The van der Waals surface area contributed by atoms with E-state index in [1.54, 1.807) is 25.6 Å². The molecule has 0 radical (unpaired) electrons. The summed E-state index contributed by atoms with van der Waals surface area (Å²) in [7, 11) is 1.78. The molecule has 1 aliphatic rings. The van der Waals surface area contributed by atoms with Crippen molar-refractivity contribution in [2.24, 2.45) is 7.05 Å². The minimum absolute atomic E-state index is 0.0618. The third kappa shape index (κ3) is 2.53. The van der Waals surface area contributed by atoms with Crippen LogP contribution in [0, 0.1) is 13.8 Å². The van der Waals surface area contributed by atoms with Crippen molar-refractivity contribution >= 4 is 11.9 Å². The molecule has 20 heavy (non-hydrogen) atoms. The van der Waals surface area contributed by atoms with Gasteiger partial charge in [0.15, 0.2) is 6.10 Å². The number of ether oxygens (including phenoxy) is 1. The molecular formula is C13H19N3O4. The lowest BCUT2D eigenvalue weighted by Gasteiger charge is -2.35. The van der Waals surface area contributed by atoms with Crippen LogP contribution in [0.5, 0.6) is 0 Å². The zero-order valence-electron chi connectivity index (χ0n) is 12.1. The van der Waals surface area contributed by atoms with Crippen LogP contribution in [0.1, 0.15) is 28.7 Å². The van der Waals surface area contributed by atoms with E-state index in [1.165, 1.54) is 4.90 Å². The third-order valence-electron chi connectivity index (χ3n) is 3.55. The summed E-state index contributed by atoms with van der Waals surface area (Å²) in [6, 6.07) is 0. The monoisotopic (exact) mass is 281 g/mol. The first kappa shape index (κ1) is 14.5. The molecule has 2 rings (SSSR count). The summed E-state index contributed by atoms with van der Waals surface area (Å²) in [4.78, 5) is 25.2. The van der Waals surface area contributed by atoms with Gasteiger partial charge in [0.1, 0.15) is 0 Å². The van der Waals surface area contributed by atoms with Crippen LogP contribution in [0.2, 0.25) is 0 Å². The minimum Gasteiger partial charge on any atom is -0.479 e. The Labute approximate surface area is 117 Å². The van der Waals surface area contributed by atoms with Gasteiger partial charge in [-0.1, -0.05) is 0 Å². The van der Waals surface area contributed by atoms with Gasteiger partial charge in [-0.05, 0) is 20.8 Å². The summed E-state index contributed by atoms with van der Waals surface area (Å²) in [5.41, 5.74) is 1.98. The fraction of sp³-hybridized carbons (Fsp3) is 0.615. The number of carboxylic acid groups (broad SMARTS) is 1. The smallest absolute Gasteiger partial charge is 0.334 e. The molecular weight excluding hydrogens is 262 g/mol. The first-order chi connectivity index (χ1) is 9.31. The summed E-state index contributed by atoms with van der Waals surface area (Å²) in [6.45, 7) is 5.81. The molecule has 1 N–H and O–H groups in total. The van der Waals surface area contributed by atoms with Gasteiger partial charge in [0.2, 0.25) is 0 Å². The van der Waals surface area contributed by atoms with Crippen LogP contribution in [0.3, 0.4) is 0 Å². The molecule has 0 bridgehead atoms. The van der Waals surface area contributed by atoms with E-state index >= 15 is 0 Å². The highest BCUT2D eigenvalue weighted by Crippen LogP contribution is 2.19. The van der Waals surface area contributed by atoms with E-state index in [4.69, 9.17) is 9.84 Å². The third-order valence-corrected chi connectivity index (χ3v) is 3.55. The van der Waals surface area contributed by atoms with E-state index in [2.05, 4.69) is 5.10 Å². The Morgan fingerprint density at radius 2 is 2.00 bits per heavy atom. The molecule has 2 atom stereocenters. The Balaban J connectivity index is 2.26. The van der Waals surface area contributed by atoms with Crippen LogP contribution < -0.4 is 0 Å². The van der Waals surface area contributed by atoms with Gasteiger partial charge in [0, 0.05) is 19.3 Å². The lowest BCUT2D eigenvalue weighted by atomic mass is 10.1. The number of carbonyl (C=O) groups is 2. The number of morpholine rings is 1. The number of rotatable bonds is 2. The standard InChI is InChI=1S/C13H19N3O4/c1-7-5-16(6-10(20-7)13(18)19)12(17)11-8(2)14-15(4)9(11)3/h7,10H,5-6H2,1-4H3,(H,18,19)/t7-,10?/m1/s1. The van der Waals surface area contributed by atoms with Gasteiger partial charge in [-0.15, -0.1) is 0 Å². The molecule has 1 aliphatic heterocycles. The molecule has 0 aromatic carbocycles. The Kier molecular flexibility index (Phi) is 3.80. The second-order valence-corrected chi connectivity index (χ2v) is 5.15. The fourth-order valence-corrected chi connectivity index (χ4v) is 2.49. The molecule has 1 unspecified atom stereocenters. The molecule has 1 saturated heterocycles. The normalized spacial score (nSPS) is 22.9. The molecule has 0 saturated carbocycles. The first-order valence-electron chi connectivity index (χ1n) is 6.49. The second-order valence-electron chi connectivity index (χ2n) is 5.15. The summed E-state index contributed by atoms with van der Waals surface area (Å²) in [6.07, 6.45) is -1.27. The maximum absolute atomic E-state index is 12.6. The minimum atomic E-state index is -1.05. The fourth-order valence-electron chi connectivity index (χ4n) is 2.49. The Morgan fingerprint density at radius 3 is 2.50 bits per heavy atom. The van der Waals surface area contributed by atoms with Crippen molar-refractivity contribution in [3.8, 4) is 0 Å². The molecule has 0 spiro atoms. The quantitative estimate of drug-likeness (QED) is 0.845. The predicted molar refractivity (Wildman–Crippen MR) is 70.6 cm³/mol. The molecule has 1 fully saturated rings. The Morgan fingerprint density at radius 1 is 1.35 bits per heavy atom. The van der Waals surface area contributed by atoms with Crippen LogP contribution >= 0.6 is 0 Å². The van der Waals surface area contributed by atoms with Gasteiger partial charge in [-0.2, -0.15) is 5.10 Å². The summed E-state index contributed by atoms with van der Waals surface area (Å²) in [5.74, 6) is -1.23. The van der Waals surface area contributed by atoms with Gasteiger partial charge < -0.3 is 14.7 Å². The average Bonchev–Trinajstić information content (AvgIpc) is 2.61. The van der Waals surface area contributed by atoms with Crippen molar-refractivity contribution in [2.45, 2.75) is 33.0 Å². The molecule has 7 heteroatoms. The van der Waals surface area contributed by atoms with Gasteiger partial charge in [-0.3, -0.25) is 9.48 Å². The Bertz CT molecular complexity index is 552. The highest BCUT2D eigenvalue weighted by Gasteiger charge is 2.34. The first-order valence-corrected chi connectivity index (χ1v) is 6.49. The van der Waals surface area contributed by atoms with E-state index in [0.29, 0.717) is 17.8 Å². The van der Waals surface area contributed by atoms with Gasteiger partial charge in [-0.25, -0.2) is 4.79 Å². The molecule has 2 heterocycles. The average molecular weight is 281 g/mol. The van der Waals surface area contributed by atoms with E-state index < -0.39 is 12.1 Å². The number of carbonyl (C=O) groups excluding carboxylic acids is 1. The van der Waals surface area contributed by atoms with E-state index in [9.17, 15) is 9.59 Å². The number of hydrogen-bond acceptors (Lipinski definition) is 4. The van der Waals surface area contributed by atoms with Crippen molar-refractivity contribution in [2.75, 3.05) is 13.1 Å². The van der Waals surface area contributed by atoms with Crippen LogP contribution in [0.4, 0.5) is 0 Å².